The standard InChI is InChI=1S/C11H15NO.C6H7NO3S/c1-10-4-2-3-5-11(10)12-6-8-13-9-7-12;7-5-3-1-2-4-6(5)11(8,9)10/h2-5H,6-9H2,1H3;1-4H,7H2,(H,8,9,10). The normalized spacial score (nSPS) is 14.7. The van der Waals surface area contributed by atoms with Crippen molar-refractivity contribution in [3.8, 4) is 0 Å². The van der Waals surface area contributed by atoms with Gasteiger partial charge in [0.25, 0.3) is 10.1 Å². The van der Waals surface area contributed by atoms with Gasteiger partial charge in [-0.15, -0.1) is 0 Å². The lowest BCUT2D eigenvalue weighted by atomic mass is 10.2. The van der Waals surface area contributed by atoms with Gasteiger partial charge < -0.3 is 15.4 Å². The molecule has 0 radical (unpaired) electrons. The molecule has 130 valence electrons. The number of para-hydroxylation sites is 2. The molecule has 0 bridgehead atoms. The van der Waals surface area contributed by atoms with E-state index in [1.165, 1.54) is 29.4 Å². The second kappa shape index (κ2) is 8.14. The van der Waals surface area contributed by atoms with Crippen molar-refractivity contribution >= 4 is 21.5 Å². The summed E-state index contributed by atoms with van der Waals surface area (Å²) < 4.78 is 34.9. The first-order chi connectivity index (χ1) is 11.4. The number of morpholine rings is 1. The first kappa shape index (κ1) is 18.3. The number of benzene rings is 2. The van der Waals surface area contributed by atoms with E-state index in [2.05, 4.69) is 36.1 Å². The summed E-state index contributed by atoms with van der Waals surface area (Å²) >= 11 is 0. The van der Waals surface area contributed by atoms with E-state index in [0.717, 1.165) is 26.3 Å². The number of nitrogens with two attached hydrogens (primary N) is 1. The fraction of sp³-hybridized carbons (Fsp3) is 0.294. The summed E-state index contributed by atoms with van der Waals surface area (Å²) in [5, 5.41) is 0. The number of nitrogens with zero attached hydrogens (tertiary/aromatic N) is 1. The van der Waals surface area contributed by atoms with Crippen LogP contribution in [-0.4, -0.2) is 39.3 Å². The predicted octanol–water partition coefficient (Wildman–Crippen LogP) is 2.35. The molecule has 3 N–H and O–H groups in total. The Balaban J connectivity index is 0.000000177. The lowest BCUT2D eigenvalue weighted by Crippen LogP contribution is -2.36. The summed E-state index contributed by atoms with van der Waals surface area (Å²) in [4.78, 5) is 2.14. The maximum Gasteiger partial charge on any atom is 0.296 e. The van der Waals surface area contributed by atoms with E-state index in [4.69, 9.17) is 15.0 Å². The van der Waals surface area contributed by atoms with E-state index >= 15 is 0 Å². The summed E-state index contributed by atoms with van der Waals surface area (Å²) in [6, 6.07) is 14.2. The average Bonchev–Trinajstić information content (AvgIpc) is 2.56. The van der Waals surface area contributed by atoms with Crippen molar-refractivity contribution in [2.24, 2.45) is 0 Å². The monoisotopic (exact) mass is 350 g/mol. The van der Waals surface area contributed by atoms with Gasteiger partial charge in [0, 0.05) is 18.8 Å². The number of rotatable bonds is 2. The number of hydrogen-bond acceptors (Lipinski definition) is 5. The number of anilines is 2. The van der Waals surface area contributed by atoms with E-state index in [9.17, 15) is 8.42 Å². The molecule has 1 aliphatic rings. The van der Waals surface area contributed by atoms with Crippen LogP contribution in [0.2, 0.25) is 0 Å². The maximum atomic E-state index is 10.5. The first-order valence-corrected chi connectivity index (χ1v) is 9.04. The molecule has 7 heteroatoms. The summed E-state index contributed by atoms with van der Waals surface area (Å²) in [7, 11) is -4.16. The van der Waals surface area contributed by atoms with E-state index in [-0.39, 0.29) is 10.6 Å². The Morgan fingerprint density at radius 1 is 1.04 bits per heavy atom. The van der Waals surface area contributed by atoms with Gasteiger partial charge in [0.15, 0.2) is 0 Å². The van der Waals surface area contributed by atoms with Crippen LogP contribution in [0, 0.1) is 6.92 Å². The SMILES string of the molecule is Cc1ccccc1N1CCOCC1.Nc1ccccc1S(=O)(=O)O. The van der Waals surface area contributed by atoms with Crippen LogP contribution in [0.15, 0.2) is 53.4 Å². The highest BCUT2D eigenvalue weighted by Crippen LogP contribution is 2.19. The highest BCUT2D eigenvalue weighted by atomic mass is 32.2. The zero-order valence-corrected chi connectivity index (χ0v) is 14.4. The first-order valence-electron chi connectivity index (χ1n) is 7.60. The molecule has 0 atom stereocenters. The summed E-state index contributed by atoms with van der Waals surface area (Å²) in [6.45, 7) is 5.91. The van der Waals surface area contributed by atoms with Crippen LogP contribution >= 0.6 is 0 Å². The van der Waals surface area contributed by atoms with Crippen molar-refractivity contribution in [3.63, 3.8) is 0 Å². The highest BCUT2D eigenvalue weighted by molar-refractivity contribution is 7.86. The van der Waals surface area contributed by atoms with Crippen molar-refractivity contribution in [1.82, 2.24) is 0 Å². The molecule has 0 unspecified atom stereocenters. The lowest BCUT2D eigenvalue weighted by molar-refractivity contribution is 0.122. The minimum atomic E-state index is -4.16. The van der Waals surface area contributed by atoms with Crippen LogP contribution in [0.4, 0.5) is 11.4 Å². The zero-order chi connectivity index (χ0) is 17.6. The van der Waals surface area contributed by atoms with Gasteiger partial charge in [-0.05, 0) is 30.7 Å². The molecule has 24 heavy (non-hydrogen) atoms. The van der Waals surface area contributed by atoms with Crippen LogP contribution in [-0.2, 0) is 14.9 Å². The second-order valence-corrected chi connectivity index (χ2v) is 6.79. The smallest absolute Gasteiger partial charge is 0.296 e. The fourth-order valence-electron chi connectivity index (χ4n) is 2.44. The molecule has 0 aliphatic carbocycles. The molecular formula is C17H22N2O4S. The van der Waals surface area contributed by atoms with E-state index < -0.39 is 10.1 Å². The predicted molar refractivity (Wildman–Crippen MR) is 94.9 cm³/mol. The Hall–Kier alpha value is -2.09. The largest absolute Gasteiger partial charge is 0.398 e. The molecule has 2 aromatic carbocycles. The average molecular weight is 350 g/mol. The third kappa shape index (κ3) is 4.95. The van der Waals surface area contributed by atoms with E-state index in [1.54, 1.807) is 6.07 Å². The van der Waals surface area contributed by atoms with Crippen molar-refractivity contribution in [1.29, 1.82) is 0 Å². The van der Waals surface area contributed by atoms with Gasteiger partial charge in [-0.1, -0.05) is 30.3 Å². The van der Waals surface area contributed by atoms with Crippen molar-refractivity contribution < 1.29 is 17.7 Å². The zero-order valence-electron chi connectivity index (χ0n) is 13.6. The molecule has 1 saturated heterocycles. The molecule has 0 aromatic heterocycles. The minimum absolute atomic E-state index is 0.0509. The van der Waals surface area contributed by atoms with Crippen molar-refractivity contribution in [2.75, 3.05) is 36.9 Å². The third-order valence-corrected chi connectivity index (χ3v) is 4.59. The summed E-state index contributed by atoms with van der Waals surface area (Å²) in [6.07, 6.45) is 0. The summed E-state index contributed by atoms with van der Waals surface area (Å²) in [5.41, 5.74) is 8.02. The van der Waals surface area contributed by atoms with E-state index in [0.29, 0.717) is 0 Å². The summed E-state index contributed by atoms with van der Waals surface area (Å²) in [5.74, 6) is 0. The minimum Gasteiger partial charge on any atom is -0.398 e. The Morgan fingerprint density at radius 2 is 1.62 bits per heavy atom. The number of nitrogen functional groups attached to an aromatic ring is 1. The topological polar surface area (TPSA) is 92.9 Å². The van der Waals surface area contributed by atoms with Gasteiger partial charge in [0.2, 0.25) is 0 Å². The number of hydrogen-bond donors (Lipinski definition) is 2. The molecule has 1 fully saturated rings. The molecular weight excluding hydrogens is 328 g/mol. The van der Waals surface area contributed by atoms with Gasteiger partial charge in [0.05, 0.1) is 18.9 Å². The molecule has 0 saturated carbocycles. The molecule has 1 aliphatic heterocycles. The molecule has 0 spiro atoms. The third-order valence-electron chi connectivity index (χ3n) is 3.66. The van der Waals surface area contributed by atoms with Gasteiger partial charge in [-0.2, -0.15) is 8.42 Å². The van der Waals surface area contributed by atoms with Gasteiger partial charge in [-0.25, -0.2) is 0 Å². The Kier molecular flexibility index (Phi) is 6.19. The quantitative estimate of drug-likeness (QED) is 0.638. The van der Waals surface area contributed by atoms with Crippen molar-refractivity contribution in [2.45, 2.75) is 11.8 Å². The van der Waals surface area contributed by atoms with Gasteiger partial charge in [0.1, 0.15) is 4.90 Å². The molecule has 6 nitrogen and oxygen atoms in total. The lowest BCUT2D eigenvalue weighted by Gasteiger charge is -2.30. The molecule has 1 heterocycles. The van der Waals surface area contributed by atoms with Crippen molar-refractivity contribution in [3.05, 3.63) is 54.1 Å². The number of ether oxygens (including phenoxy) is 1. The van der Waals surface area contributed by atoms with Crippen LogP contribution in [0.3, 0.4) is 0 Å². The Morgan fingerprint density at radius 3 is 2.17 bits per heavy atom. The van der Waals surface area contributed by atoms with Gasteiger partial charge >= 0.3 is 0 Å². The molecule has 0 amide bonds. The van der Waals surface area contributed by atoms with E-state index in [1.807, 2.05) is 0 Å². The second-order valence-electron chi connectivity index (χ2n) is 5.40. The highest BCUT2D eigenvalue weighted by Gasteiger charge is 2.12. The fourth-order valence-corrected chi connectivity index (χ4v) is 3.05. The maximum absolute atomic E-state index is 10.5. The van der Waals surface area contributed by atoms with Crippen LogP contribution in [0.1, 0.15) is 5.56 Å². The number of aryl methyl sites for hydroxylation is 1. The van der Waals surface area contributed by atoms with Gasteiger partial charge in [-0.3, -0.25) is 4.55 Å². The Bertz CT molecular complexity index is 772. The molecule has 3 rings (SSSR count). The Labute approximate surface area is 142 Å². The van der Waals surface area contributed by atoms with Crippen LogP contribution in [0.25, 0.3) is 0 Å². The van der Waals surface area contributed by atoms with Crippen LogP contribution in [0.5, 0.6) is 0 Å². The molecule has 2 aromatic rings. The van der Waals surface area contributed by atoms with Crippen LogP contribution < -0.4 is 10.6 Å².